The molecule has 22 heavy (non-hydrogen) atoms. The lowest BCUT2D eigenvalue weighted by Crippen LogP contribution is -2.11. The molecule has 0 fully saturated rings. The van der Waals surface area contributed by atoms with Crippen LogP contribution in [-0.4, -0.2) is 11.8 Å². The number of rotatable bonds is 7. The van der Waals surface area contributed by atoms with Crippen LogP contribution >= 0.6 is 11.6 Å². The van der Waals surface area contributed by atoms with E-state index in [0.29, 0.717) is 25.3 Å². The van der Waals surface area contributed by atoms with Crippen LogP contribution in [0.15, 0.2) is 48.5 Å². The van der Waals surface area contributed by atoms with E-state index in [9.17, 15) is 4.79 Å². The minimum Gasteiger partial charge on any atom is -0.489 e. The lowest BCUT2D eigenvalue weighted by Gasteiger charge is -2.08. The molecular weight excluding hydrogens is 298 g/mol. The topological polar surface area (TPSA) is 38.3 Å². The molecule has 0 aliphatic rings. The molecule has 0 unspecified atom stereocenters. The summed E-state index contributed by atoms with van der Waals surface area (Å²) in [5, 5.41) is 2.85. The van der Waals surface area contributed by atoms with Gasteiger partial charge >= 0.3 is 0 Å². The van der Waals surface area contributed by atoms with E-state index in [-0.39, 0.29) is 5.91 Å². The maximum Gasteiger partial charge on any atom is 0.224 e. The van der Waals surface area contributed by atoms with Crippen LogP contribution in [0.5, 0.6) is 5.75 Å². The first-order valence-electron chi connectivity index (χ1n) is 7.31. The Morgan fingerprint density at radius 3 is 2.41 bits per heavy atom. The first-order chi connectivity index (χ1) is 10.7. The van der Waals surface area contributed by atoms with Crippen LogP contribution in [0.1, 0.15) is 24.0 Å². The molecule has 2 aromatic carbocycles. The number of aryl methyl sites for hydroxylation is 1. The van der Waals surface area contributed by atoms with Crippen molar-refractivity contribution in [2.24, 2.45) is 0 Å². The van der Waals surface area contributed by atoms with Gasteiger partial charge in [0.2, 0.25) is 5.91 Å². The summed E-state index contributed by atoms with van der Waals surface area (Å²) in [7, 11) is 0. The molecule has 0 bridgehead atoms. The molecule has 1 amide bonds. The quantitative estimate of drug-likeness (QED) is 0.762. The van der Waals surface area contributed by atoms with Crippen molar-refractivity contribution in [2.45, 2.75) is 26.4 Å². The number of halogens is 1. The van der Waals surface area contributed by atoms with Gasteiger partial charge in [0.15, 0.2) is 0 Å². The van der Waals surface area contributed by atoms with Gasteiger partial charge in [0.25, 0.3) is 0 Å². The smallest absolute Gasteiger partial charge is 0.224 e. The Balaban J connectivity index is 1.83. The zero-order valence-corrected chi connectivity index (χ0v) is 13.4. The van der Waals surface area contributed by atoms with Crippen LogP contribution in [0.25, 0.3) is 0 Å². The van der Waals surface area contributed by atoms with Gasteiger partial charge in [0, 0.05) is 18.0 Å². The zero-order chi connectivity index (χ0) is 15.8. The van der Waals surface area contributed by atoms with E-state index in [2.05, 4.69) is 5.32 Å². The number of carbonyl (C=O) groups is 1. The van der Waals surface area contributed by atoms with Crippen molar-refractivity contribution in [1.29, 1.82) is 0 Å². The van der Waals surface area contributed by atoms with Crippen LogP contribution in [0.2, 0.25) is 0 Å². The molecule has 0 heterocycles. The first-order valence-corrected chi connectivity index (χ1v) is 7.85. The Morgan fingerprint density at radius 2 is 1.77 bits per heavy atom. The molecule has 0 aromatic heterocycles. The van der Waals surface area contributed by atoms with Gasteiger partial charge in [0.05, 0.1) is 0 Å². The number of ether oxygens (including phenoxy) is 1. The van der Waals surface area contributed by atoms with Gasteiger partial charge in [-0.25, -0.2) is 0 Å². The molecule has 0 saturated heterocycles. The second kappa shape index (κ2) is 8.44. The second-order valence-corrected chi connectivity index (χ2v) is 5.52. The molecular formula is C18H20ClNO2. The Bertz CT molecular complexity index is 593. The highest BCUT2D eigenvalue weighted by Gasteiger charge is 2.02. The molecule has 0 aliphatic heterocycles. The van der Waals surface area contributed by atoms with Crippen molar-refractivity contribution in [3.63, 3.8) is 0 Å². The Kier molecular flexibility index (Phi) is 6.28. The lowest BCUT2D eigenvalue weighted by molar-refractivity contribution is -0.116. The molecule has 116 valence electrons. The number of amides is 1. The van der Waals surface area contributed by atoms with E-state index in [1.165, 1.54) is 5.56 Å². The monoisotopic (exact) mass is 317 g/mol. The fraction of sp³-hybridized carbons (Fsp3) is 0.278. The van der Waals surface area contributed by atoms with E-state index < -0.39 is 0 Å². The van der Waals surface area contributed by atoms with Crippen LogP contribution < -0.4 is 10.1 Å². The summed E-state index contributed by atoms with van der Waals surface area (Å²) < 4.78 is 5.72. The van der Waals surface area contributed by atoms with Crippen molar-refractivity contribution >= 4 is 23.2 Å². The SMILES string of the molecule is Cc1ccc(OCc2ccc(NC(=O)CCCCl)cc2)cc1. The average Bonchev–Trinajstić information content (AvgIpc) is 2.54. The molecule has 0 aliphatic carbocycles. The summed E-state index contributed by atoms with van der Waals surface area (Å²) in [5.74, 6) is 1.34. The second-order valence-electron chi connectivity index (χ2n) is 5.14. The van der Waals surface area contributed by atoms with Gasteiger partial charge in [-0.3, -0.25) is 4.79 Å². The fourth-order valence-corrected chi connectivity index (χ4v) is 2.07. The Morgan fingerprint density at radius 1 is 1.09 bits per heavy atom. The summed E-state index contributed by atoms with van der Waals surface area (Å²) >= 11 is 5.57. The molecule has 1 N–H and O–H groups in total. The highest BCUT2D eigenvalue weighted by molar-refractivity contribution is 6.18. The van der Waals surface area contributed by atoms with Crippen LogP contribution in [0, 0.1) is 6.92 Å². The molecule has 2 rings (SSSR count). The number of nitrogens with one attached hydrogen (secondary N) is 1. The standard InChI is InChI=1S/C18H20ClNO2/c1-14-4-10-17(11-5-14)22-13-15-6-8-16(9-7-15)20-18(21)3-2-12-19/h4-11H,2-3,12-13H2,1H3,(H,20,21). The highest BCUT2D eigenvalue weighted by atomic mass is 35.5. The lowest BCUT2D eigenvalue weighted by atomic mass is 10.2. The molecule has 0 radical (unpaired) electrons. The Hall–Kier alpha value is -2.00. The summed E-state index contributed by atoms with van der Waals surface area (Å²) in [5.41, 5.74) is 3.06. The largest absolute Gasteiger partial charge is 0.489 e. The van der Waals surface area contributed by atoms with E-state index in [1.807, 2.05) is 55.5 Å². The average molecular weight is 318 g/mol. The highest BCUT2D eigenvalue weighted by Crippen LogP contribution is 2.15. The van der Waals surface area contributed by atoms with Crippen molar-refractivity contribution in [1.82, 2.24) is 0 Å². The first kappa shape index (κ1) is 16.4. The predicted molar refractivity (Wildman–Crippen MR) is 90.5 cm³/mol. The third-order valence-corrected chi connectivity index (χ3v) is 3.47. The van der Waals surface area contributed by atoms with Gasteiger partial charge < -0.3 is 10.1 Å². The maximum atomic E-state index is 11.6. The molecule has 0 saturated carbocycles. The van der Waals surface area contributed by atoms with E-state index in [0.717, 1.165) is 17.0 Å². The van der Waals surface area contributed by atoms with Crippen LogP contribution in [-0.2, 0) is 11.4 Å². The van der Waals surface area contributed by atoms with Crippen molar-refractivity contribution < 1.29 is 9.53 Å². The number of alkyl halides is 1. The van der Waals surface area contributed by atoms with Gasteiger partial charge in [-0.1, -0.05) is 29.8 Å². The number of hydrogen-bond donors (Lipinski definition) is 1. The minimum absolute atomic E-state index is 0.00990. The van der Waals surface area contributed by atoms with Crippen molar-refractivity contribution in [3.05, 3.63) is 59.7 Å². The van der Waals surface area contributed by atoms with Crippen LogP contribution in [0.4, 0.5) is 5.69 Å². The van der Waals surface area contributed by atoms with Gasteiger partial charge in [-0.15, -0.1) is 11.6 Å². The molecule has 4 heteroatoms. The number of anilines is 1. The zero-order valence-electron chi connectivity index (χ0n) is 12.6. The van der Waals surface area contributed by atoms with E-state index in [1.54, 1.807) is 0 Å². The molecule has 2 aromatic rings. The van der Waals surface area contributed by atoms with Gasteiger partial charge in [-0.05, 0) is 43.2 Å². The summed E-state index contributed by atoms with van der Waals surface area (Å²) in [6, 6.07) is 15.6. The number of carbonyl (C=O) groups excluding carboxylic acids is 1. The molecule has 0 atom stereocenters. The fourth-order valence-electron chi connectivity index (χ4n) is 1.94. The maximum absolute atomic E-state index is 11.6. The summed E-state index contributed by atoms with van der Waals surface area (Å²) in [6.45, 7) is 2.55. The number of hydrogen-bond acceptors (Lipinski definition) is 2. The third kappa shape index (κ3) is 5.41. The minimum atomic E-state index is -0.00990. The van der Waals surface area contributed by atoms with Crippen LogP contribution in [0.3, 0.4) is 0 Å². The van der Waals surface area contributed by atoms with Gasteiger partial charge in [-0.2, -0.15) is 0 Å². The van der Waals surface area contributed by atoms with Crippen molar-refractivity contribution in [3.8, 4) is 5.75 Å². The van der Waals surface area contributed by atoms with E-state index >= 15 is 0 Å². The Labute approximate surface area is 136 Å². The predicted octanol–water partition coefficient (Wildman–Crippen LogP) is 4.53. The molecule has 0 spiro atoms. The summed E-state index contributed by atoms with van der Waals surface area (Å²) in [4.78, 5) is 11.6. The van der Waals surface area contributed by atoms with Gasteiger partial charge in [0.1, 0.15) is 12.4 Å². The normalized spacial score (nSPS) is 10.3. The number of benzene rings is 2. The molecule has 3 nitrogen and oxygen atoms in total. The van der Waals surface area contributed by atoms with E-state index in [4.69, 9.17) is 16.3 Å². The van der Waals surface area contributed by atoms with Crippen molar-refractivity contribution in [2.75, 3.05) is 11.2 Å². The third-order valence-electron chi connectivity index (χ3n) is 3.20. The summed E-state index contributed by atoms with van der Waals surface area (Å²) in [6.07, 6.45) is 1.14.